The van der Waals surface area contributed by atoms with E-state index in [9.17, 15) is 14.9 Å². The van der Waals surface area contributed by atoms with Crippen LogP contribution in [0.2, 0.25) is 0 Å². The zero-order chi connectivity index (χ0) is 16.0. The van der Waals surface area contributed by atoms with Crippen LogP contribution in [0.4, 0.5) is 5.69 Å². The second-order valence-electron chi connectivity index (χ2n) is 5.51. The molecule has 6 nitrogen and oxygen atoms in total. The van der Waals surface area contributed by atoms with Gasteiger partial charge in [-0.2, -0.15) is 0 Å². The van der Waals surface area contributed by atoms with Crippen molar-refractivity contribution in [3.63, 3.8) is 0 Å². The van der Waals surface area contributed by atoms with Gasteiger partial charge in [0.15, 0.2) is 0 Å². The first-order valence-electron chi connectivity index (χ1n) is 6.48. The van der Waals surface area contributed by atoms with Crippen LogP contribution >= 0.6 is 15.9 Å². The zero-order valence-electron chi connectivity index (χ0n) is 12.3. The quantitative estimate of drug-likeness (QED) is 0.599. The van der Waals surface area contributed by atoms with E-state index < -0.39 is 4.92 Å². The molecule has 0 fully saturated rings. The normalized spacial score (nSPS) is 11.2. The van der Waals surface area contributed by atoms with Gasteiger partial charge in [0.25, 0.3) is 11.6 Å². The molecule has 1 aromatic carbocycles. The number of nitro benzene ring substituents is 1. The van der Waals surface area contributed by atoms with Gasteiger partial charge in [-0.05, 0) is 39.9 Å². The number of hydrogen-bond acceptors (Lipinski definition) is 4. The lowest BCUT2D eigenvalue weighted by Crippen LogP contribution is -2.34. The molecule has 0 aromatic heterocycles. The van der Waals surface area contributed by atoms with Gasteiger partial charge in [-0.1, -0.05) is 13.8 Å². The maximum atomic E-state index is 12.1. The molecule has 21 heavy (non-hydrogen) atoms. The minimum absolute atomic E-state index is 0.104. The van der Waals surface area contributed by atoms with Crippen molar-refractivity contribution in [1.82, 2.24) is 5.32 Å². The highest BCUT2D eigenvalue weighted by Gasteiger charge is 2.20. The first-order chi connectivity index (χ1) is 9.76. The second-order valence-corrected chi connectivity index (χ2v) is 6.37. The van der Waals surface area contributed by atoms with E-state index >= 15 is 0 Å². The van der Waals surface area contributed by atoms with Gasteiger partial charge < -0.3 is 10.1 Å². The van der Waals surface area contributed by atoms with E-state index in [1.165, 1.54) is 12.1 Å². The Morgan fingerprint density at radius 1 is 1.48 bits per heavy atom. The summed E-state index contributed by atoms with van der Waals surface area (Å²) in [4.78, 5) is 22.4. The molecule has 0 aliphatic carbocycles. The van der Waals surface area contributed by atoms with E-state index in [1.807, 2.05) is 13.8 Å². The molecule has 0 radical (unpaired) electrons. The molecule has 0 bridgehead atoms. The molecule has 0 spiro atoms. The number of carbonyl (C=O) groups excluding carboxylic acids is 1. The van der Waals surface area contributed by atoms with E-state index in [0.29, 0.717) is 17.6 Å². The van der Waals surface area contributed by atoms with Gasteiger partial charge in [0.2, 0.25) is 0 Å². The Hall–Kier alpha value is -1.47. The number of hydrogen-bond donors (Lipinski definition) is 1. The molecule has 0 atom stereocenters. The first kappa shape index (κ1) is 17.6. The molecule has 0 unspecified atom stereocenters. The van der Waals surface area contributed by atoms with E-state index in [1.54, 1.807) is 13.2 Å². The standard InChI is InChI=1S/C14H19BrN2O4/c1-14(2,6-7-21-3)9-16-13(18)10-4-5-11(15)12(8-10)17(19)20/h4-5,8H,6-7,9H2,1-3H3,(H,16,18). The predicted octanol–water partition coefficient (Wildman–Crippen LogP) is 3.15. The van der Waals surface area contributed by atoms with Crippen LogP contribution in [0, 0.1) is 15.5 Å². The zero-order valence-corrected chi connectivity index (χ0v) is 13.9. The summed E-state index contributed by atoms with van der Waals surface area (Å²) in [6.45, 7) is 5.14. The summed E-state index contributed by atoms with van der Waals surface area (Å²) in [5, 5.41) is 13.7. The molecule has 1 N–H and O–H groups in total. The van der Waals surface area contributed by atoms with Crippen molar-refractivity contribution >= 4 is 27.5 Å². The Morgan fingerprint density at radius 3 is 2.71 bits per heavy atom. The van der Waals surface area contributed by atoms with Crippen molar-refractivity contribution in [1.29, 1.82) is 0 Å². The van der Waals surface area contributed by atoms with Crippen LogP contribution in [0.3, 0.4) is 0 Å². The summed E-state index contributed by atoms with van der Waals surface area (Å²) < 4.78 is 5.38. The number of halogens is 1. The summed E-state index contributed by atoms with van der Waals surface area (Å²) in [6.07, 6.45) is 0.810. The van der Waals surface area contributed by atoms with Crippen LogP contribution in [-0.2, 0) is 4.74 Å². The van der Waals surface area contributed by atoms with Gasteiger partial charge in [-0.15, -0.1) is 0 Å². The van der Waals surface area contributed by atoms with Gasteiger partial charge in [0.1, 0.15) is 0 Å². The monoisotopic (exact) mass is 358 g/mol. The molecular formula is C14H19BrN2O4. The summed E-state index contributed by atoms with van der Waals surface area (Å²) in [6, 6.07) is 4.32. The maximum Gasteiger partial charge on any atom is 0.284 e. The number of nitrogens with zero attached hydrogens (tertiary/aromatic N) is 1. The van der Waals surface area contributed by atoms with E-state index in [0.717, 1.165) is 6.42 Å². The van der Waals surface area contributed by atoms with Crippen molar-refractivity contribution in [2.75, 3.05) is 20.3 Å². The molecule has 1 rings (SSSR count). The number of nitrogens with one attached hydrogen (secondary N) is 1. The highest BCUT2D eigenvalue weighted by Crippen LogP contribution is 2.26. The van der Waals surface area contributed by atoms with Gasteiger partial charge in [0, 0.05) is 31.9 Å². The van der Waals surface area contributed by atoms with Crippen LogP contribution in [0.1, 0.15) is 30.6 Å². The molecule has 0 heterocycles. The van der Waals surface area contributed by atoms with Crippen LogP contribution in [0.25, 0.3) is 0 Å². The summed E-state index contributed by atoms with van der Waals surface area (Å²) in [5.74, 6) is -0.323. The summed E-state index contributed by atoms with van der Waals surface area (Å²) >= 11 is 3.09. The Kier molecular flexibility index (Phi) is 6.29. The fourth-order valence-electron chi connectivity index (χ4n) is 1.68. The minimum Gasteiger partial charge on any atom is -0.385 e. The predicted molar refractivity (Wildman–Crippen MR) is 83.4 cm³/mol. The summed E-state index contributed by atoms with van der Waals surface area (Å²) in [5.41, 5.74) is 0.0428. The fraction of sp³-hybridized carbons (Fsp3) is 0.500. The molecule has 1 aromatic rings. The van der Waals surface area contributed by atoms with Crippen molar-refractivity contribution in [2.45, 2.75) is 20.3 Å². The Balaban J connectivity index is 2.72. The van der Waals surface area contributed by atoms with Gasteiger partial charge in [0.05, 0.1) is 9.40 Å². The topological polar surface area (TPSA) is 81.5 Å². The number of nitro groups is 1. The van der Waals surface area contributed by atoms with Crippen molar-refractivity contribution in [3.05, 3.63) is 38.3 Å². The highest BCUT2D eigenvalue weighted by molar-refractivity contribution is 9.10. The Morgan fingerprint density at radius 2 is 2.14 bits per heavy atom. The number of ether oxygens (including phenoxy) is 1. The Bertz CT molecular complexity index is 532. The highest BCUT2D eigenvalue weighted by atomic mass is 79.9. The van der Waals surface area contributed by atoms with Gasteiger partial charge in [-0.3, -0.25) is 14.9 Å². The molecule has 116 valence electrons. The van der Waals surface area contributed by atoms with Crippen molar-refractivity contribution in [2.24, 2.45) is 5.41 Å². The number of methoxy groups -OCH3 is 1. The lowest BCUT2D eigenvalue weighted by Gasteiger charge is -2.24. The number of benzene rings is 1. The SMILES string of the molecule is COCCC(C)(C)CNC(=O)c1ccc(Br)c([N+](=O)[O-])c1. The lowest BCUT2D eigenvalue weighted by molar-refractivity contribution is -0.385. The molecular weight excluding hydrogens is 340 g/mol. The van der Waals surface area contributed by atoms with Crippen LogP contribution in [0.5, 0.6) is 0 Å². The third-order valence-electron chi connectivity index (χ3n) is 3.12. The first-order valence-corrected chi connectivity index (χ1v) is 7.27. The van der Waals surface area contributed by atoms with E-state index in [-0.39, 0.29) is 22.6 Å². The molecule has 1 amide bonds. The van der Waals surface area contributed by atoms with E-state index in [2.05, 4.69) is 21.2 Å². The van der Waals surface area contributed by atoms with Gasteiger partial charge in [-0.25, -0.2) is 0 Å². The minimum atomic E-state index is -0.524. The molecule has 7 heteroatoms. The Labute approximate surface area is 132 Å². The third kappa shape index (κ3) is 5.43. The fourth-order valence-corrected chi connectivity index (χ4v) is 2.07. The number of amides is 1. The molecule has 0 saturated carbocycles. The molecule has 0 aliphatic heterocycles. The average molecular weight is 359 g/mol. The maximum absolute atomic E-state index is 12.1. The average Bonchev–Trinajstić information content (AvgIpc) is 2.43. The van der Waals surface area contributed by atoms with Crippen molar-refractivity contribution < 1.29 is 14.5 Å². The lowest BCUT2D eigenvalue weighted by atomic mass is 9.89. The van der Waals surface area contributed by atoms with Crippen LogP contribution in [-0.4, -0.2) is 31.1 Å². The summed E-state index contributed by atoms with van der Waals surface area (Å²) in [7, 11) is 1.63. The van der Waals surface area contributed by atoms with Crippen LogP contribution in [0.15, 0.2) is 22.7 Å². The molecule has 0 aliphatic rings. The largest absolute Gasteiger partial charge is 0.385 e. The van der Waals surface area contributed by atoms with Crippen molar-refractivity contribution in [3.8, 4) is 0 Å². The number of carbonyl (C=O) groups is 1. The second kappa shape index (κ2) is 7.51. The van der Waals surface area contributed by atoms with Gasteiger partial charge >= 0.3 is 0 Å². The molecule has 0 saturated heterocycles. The van der Waals surface area contributed by atoms with E-state index in [4.69, 9.17) is 4.74 Å². The smallest absolute Gasteiger partial charge is 0.284 e. The third-order valence-corrected chi connectivity index (χ3v) is 3.79. The van der Waals surface area contributed by atoms with Crippen LogP contribution < -0.4 is 5.32 Å². The number of rotatable bonds is 7.